The number of nitrogens with zero attached hydrogens (tertiary/aromatic N) is 5. The molecule has 2 atom stereocenters. The summed E-state index contributed by atoms with van der Waals surface area (Å²) in [6.07, 6.45) is 1.87. The van der Waals surface area contributed by atoms with E-state index in [1.54, 1.807) is 6.33 Å². The third kappa shape index (κ3) is 2.51. The van der Waals surface area contributed by atoms with Crippen molar-refractivity contribution in [2.45, 2.75) is 32.7 Å². The molecule has 120 valence electrons. The van der Waals surface area contributed by atoms with Crippen molar-refractivity contribution in [3.8, 4) is 0 Å². The second kappa shape index (κ2) is 5.43. The van der Waals surface area contributed by atoms with Crippen LogP contribution in [-0.2, 0) is 11.4 Å². The quantitative estimate of drug-likeness (QED) is 0.709. The van der Waals surface area contributed by atoms with E-state index in [1.165, 1.54) is 9.08 Å². The fraction of sp³-hybridized carbons (Fsp3) is 0.438. The normalized spacial score (nSPS) is 22.9. The van der Waals surface area contributed by atoms with Crippen LogP contribution in [0.5, 0.6) is 0 Å². The minimum Gasteiger partial charge on any atom is -0.373 e. The third-order valence-electron chi connectivity index (χ3n) is 4.16. The van der Waals surface area contributed by atoms with Crippen LogP contribution >= 0.6 is 0 Å². The summed E-state index contributed by atoms with van der Waals surface area (Å²) < 4.78 is 8.75. The maximum atomic E-state index is 12.6. The molecule has 0 aliphatic carbocycles. The molecular weight excluding hydrogens is 294 g/mol. The molecule has 0 radical (unpaired) electrons. The number of hydrogen-bond donors (Lipinski definition) is 0. The smallest absolute Gasteiger partial charge is 0.352 e. The SMILES string of the molecule is C[C@@H]1CN(Cn2nc3c4ccccc4ncn3c2=O)C[C@H](C)O1. The Balaban J connectivity index is 1.74. The van der Waals surface area contributed by atoms with Crippen molar-refractivity contribution in [1.29, 1.82) is 0 Å². The number of benzene rings is 1. The third-order valence-corrected chi connectivity index (χ3v) is 4.16. The van der Waals surface area contributed by atoms with Gasteiger partial charge in [-0.1, -0.05) is 12.1 Å². The van der Waals surface area contributed by atoms with Gasteiger partial charge in [-0.25, -0.2) is 14.2 Å². The maximum absolute atomic E-state index is 12.6. The zero-order valence-electron chi connectivity index (χ0n) is 13.2. The van der Waals surface area contributed by atoms with Crippen LogP contribution in [0.3, 0.4) is 0 Å². The first-order valence-corrected chi connectivity index (χ1v) is 7.82. The van der Waals surface area contributed by atoms with E-state index in [0.29, 0.717) is 12.3 Å². The van der Waals surface area contributed by atoms with Gasteiger partial charge in [0.05, 0.1) is 24.4 Å². The molecule has 7 heteroatoms. The van der Waals surface area contributed by atoms with Crippen molar-refractivity contribution in [3.05, 3.63) is 41.1 Å². The van der Waals surface area contributed by atoms with Gasteiger partial charge in [0.15, 0.2) is 5.65 Å². The van der Waals surface area contributed by atoms with Crippen molar-refractivity contribution >= 4 is 16.6 Å². The van der Waals surface area contributed by atoms with Crippen LogP contribution in [-0.4, -0.2) is 49.4 Å². The van der Waals surface area contributed by atoms with E-state index >= 15 is 0 Å². The van der Waals surface area contributed by atoms with Crippen molar-refractivity contribution in [2.24, 2.45) is 0 Å². The number of ether oxygens (including phenoxy) is 1. The molecule has 3 aromatic rings. The van der Waals surface area contributed by atoms with Gasteiger partial charge in [0.2, 0.25) is 0 Å². The lowest BCUT2D eigenvalue weighted by Crippen LogP contribution is -2.47. The van der Waals surface area contributed by atoms with Crippen LogP contribution in [0.2, 0.25) is 0 Å². The van der Waals surface area contributed by atoms with Gasteiger partial charge in [0.1, 0.15) is 6.33 Å². The van der Waals surface area contributed by atoms with Crippen molar-refractivity contribution < 1.29 is 4.74 Å². The standard InChI is InChI=1S/C16H19N5O2/c1-11-7-19(8-12(2)23-11)10-21-16(22)20-9-17-14-6-4-3-5-13(14)15(20)18-21/h3-6,9,11-12H,7-8,10H2,1-2H3/t11-,12+. The van der Waals surface area contributed by atoms with E-state index in [-0.39, 0.29) is 17.9 Å². The van der Waals surface area contributed by atoms with Crippen LogP contribution < -0.4 is 5.69 Å². The number of para-hydroxylation sites is 1. The van der Waals surface area contributed by atoms with Gasteiger partial charge in [-0.2, -0.15) is 4.68 Å². The van der Waals surface area contributed by atoms with E-state index < -0.39 is 0 Å². The Morgan fingerprint density at radius 1 is 1.22 bits per heavy atom. The molecule has 1 fully saturated rings. The number of morpholine rings is 1. The molecule has 0 amide bonds. The zero-order valence-corrected chi connectivity index (χ0v) is 13.2. The van der Waals surface area contributed by atoms with Gasteiger partial charge in [-0.3, -0.25) is 4.90 Å². The number of hydrogen-bond acceptors (Lipinski definition) is 5. The molecular formula is C16H19N5O2. The van der Waals surface area contributed by atoms with Gasteiger partial charge in [-0.05, 0) is 26.0 Å². The van der Waals surface area contributed by atoms with Gasteiger partial charge < -0.3 is 4.74 Å². The Labute approximate surface area is 133 Å². The minimum absolute atomic E-state index is 0.161. The Kier molecular flexibility index (Phi) is 3.39. The molecule has 3 heterocycles. The monoisotopic (exact) mass is 313 g/mol. The minimum atomic E-state index is -0.162. The fourth-order valence-electron chi connectivity index (χ4n) is 3.28. The lowest BCUT2D eigenvalue weighted by molar-refractivity contribution is -0.0778. The fourth-order valence-corrected chi connectivity index (χ4v) is 3.28. The van der Waals surface area contributed by atoms with Gasteiger partial charge in [0.25, 0.3) is 0 Å². The molecule has 1 aliphatic heterocycles. The van der Waals surface area contributed by atoms with Crippen molar-refractivity contribution in [3.63, 3.8) is 0 Å². The highest BCUT2D eigenvalue weighted by Gasteiger charge is 2.23. The van der Waals surface area contributed by atoms with E-state index in [1.807, 2.05) is 38.1 Å². The van der Waals surface area contributed by atoms with Gasteiger partial charge in [0, 0.05) is 18.5 Å². The van der Waals surface area contributed by atoms with E-state index in [9.17, 15) is 4.79 Å². The Morgan fingerprint density at radius 3 is 2.74 bits per heavy atom. The lowest BCUT2D eigenvalue weighted by atomic mass is 10.2. The highest BCUT2D eigenvalue weighted by atomic mass is 16.5. The van der Waals surface area contributed by atoms with E-state index in [4.69, 9.17) is 4.74 Å². The molecule has 1 saturated heterocycles. The summed E-state index contributed by atoms with van der Waals surface area (Å²) in [5.74, 6) is 0. The van der Waals surface area contributed by atoms with Crippen molar-refractivity contribution in [2.75, 3.05) is 13.1 Å². The maximum Gasteiger partial charge on any atom is 0.352 e. The van der Waals surface area contributed by atoms with Crippen LogP contribution in [0, 0.1) is 0 Å². The van der Waals surface area contributed by atoms with E-state index in [0.717, 1.165) is 24.0 Å². The average molecular weight is 313 g/mol. The summed E-state index contributed by atoms with van der Waals surface area (Å²) in [4.78, 5) is 19.1. The molecule has 0 spiro atoms. The van der Waals surface area contributed by atoms with Crippen LogP contribution in [0.4, 0.5) is 0 Å². The summed E-state index contributed by atoms with van der Waals surface area (Å²) in [5, 5.41) is 5.41. The molecule has 23 heavy (non-hydrogen) atoms. The summed E-state index contributed by atoms with van der Waals surface area (Å²) in [6.45, 7) is 6.15. The molecule has 0 unspecified atom stereocenters. The van der Waals surface area contributed by atoms with Gasteiger partial charge in [-0.15, -0.1) is 5.10 Å². The summed E-state index contributed by atoms with van der Waals surface area (Å²) in [6, 6.07) is 7.72. The summed E-state index contributed by atoms with van der Waals surface area (Å²) in [5.41, 5.74) is 1.32. The Bertz CT molecular complexity index is 906. The number of fused-ring (bicyclic) bond motifs is 3. The second-order valence-corrected chi connectivity index (χ2v) is 6.17. The first kappa shape index (κ1) is 14.3. The highest BCUT2D eigenvalue weighted by molar-refractivity contribution is 5.90. The van der Waals surface area contributed by atoms with Crippen LogP contribution in [0.25, 0.3) is 16.6 Å². The average Bonchev–Trinajstić information content (AvgIpc) is 2.83. The number of rotatable bonds is 2. The molecule has 0 saturated carbocycles. The van der Waals surface area contributed by atoms with Gasteiger partial charge >= 0.3 is 5.69 Å². The number of aromatic nitrogens is 4. The largest absolute Gasteiger partial charge is 0.373 e. The first-order chi connectivity index (χ1) is 11.1. The second-order valence-electron chi connectivity index (χ2n) is 6.17. The van der Waals surface area contributed by atoms with Crippen molar-refractivity contribution in [1.82, 2.24) is 24.1 Å². The predicted octanol–water partition coefficient (Wildman–Crippen LogP) is 1.11. The topological polar surface area (TPSA) is 64.7 Å². The summed E-state index contributed by atoms with van der Waals surface area (Å²) in [7, 11) is 0. The molecule has 4 rings (SSSR count). The Morgan fingerprint density at radius 2 is 1.96 bits per heavy atom. The highest BCUT2D eigenvalue weighted by Crippen LogP contribution is 2.15. The molecule has 0 bridgehead atoms. The zero-order chi connectivity index (χ0) is 16.0. The predicted molar refractivity (Wildman–Crippen MR) is 86.3 cm³/mol. The molecule has 7 nitrogen and oxygen atoms in total. The molecule has 0 N–H and O–H groups in total. The van der Waals surface area contributed by atoms with Crippen LogP contribution in [0.15, 0.2) is 35.4 Å². The first-order valence-electron chi connectivity index (χ1n) is 7.82. The molecule has 2 aromatic heterocycles. The van der Waals surface area contributed by atoms with E-state index in [2.05, 4.69) is 15.0 Å². The molecule has 1 aromatic carbocycles. The summed E-state index contributed by atoms with van der Waals surface area (Å²) >= 11 is 0. The molecule has 1 aliphatic rings. The lowest BCUT2D eigenvalue weighted by Gasteiger charge is -2.34. The Hall–Kier alpha value is -2.25. The van der Waals surface area contributed by atoms with Crippen LogP contribution in [0.1, 0.15) is 13.8 Å².